The van der Waals surface area contributed by atoms with Crippen molar-refractivity contribution in [3.05, 3.63) is 72.3 Å². The molecule has 0 bridgehead atoms. The third-order valence-electron chi connectivity index (χ3n) is 4.05. The number of nitrogen functional groups attached to an aromatic ring is 1. The van der Waals surface area contributed by atoms with Gasteiger partial charge in [0.2, 0.25) is 0 Å². The number of amides is 1. The van der Waals surface area contributed by atoms with E-state index in [-0.39, 0.29) is 5.91 Å². The summed E-state index contributed by atoms with van der Waals surface area (Å²) in [6, 6.07) is 20.7. The van der Waals surface area contributed by atoms with Gasteiger partial charge in [-0.1, -0.05) is 18.2 Å². The van der Waals surface area contributed by atoms with Crippen LogP contribution in [-0.2, 0) is 0 Å². The van der Waals surface area contributed by atoms with Gasteiger partial charge in [0.1, 0.15) is 5.75 Å². The van der Waals surface area contributed by atoms with E-state index in [9.17, 15) is 4.79 Å². The van der Waals surface area contributed by atoms with Gasteiger partial charge in [0.15, 0.2) is 0 Å². The number of anilines is 2. The van der Waals surface area contributed by atoms with Crippen LogP contribution in [0.25, 0.3) is 11.1 Å². The zero-order chi connectivity index (χ0) is 18.5. The second-order valence-corrected chi connectivity index (χ2v) is 6.60. The molecule has 0 aliphatic carbocycles. The van der Waals surface area contributed by atoms with E-state index in [1.165, 1.54) is 4.90 Å². The average Bonchev–Trinajstić information content (AvgIpc) is 2.68. The monoisotopic (exact) mass is 364 g/mol. The van der Waals surface area contributed by atoms with Crippen molar-refractivity contribution >= 4 is 29.0 Å². The van der Waals surface area contributed by atoms with Crippen LogP contribution in [0.2, 0.25) is 0 Å². The number of carbonyl (C=O) groups is 1. The fraction of sp³-hybridized carbons (Fsp3) is 0.0952. The molecule has 0 fully saturated rings. The molecular formula is C21H20N2O2S. The van der Waals surface area contributed by atoms with E-state index in [1.54, 1.807) is 49.2 Å². The molecule has 3 aromatic rings. The predicted molar refractivity (Wildman–Crippen MR) is 109 cm³/mol. The van der Waals surface area contributed by atoms with E-state index in [0.717, 1.165) is 11.1 Å². The van der Waals surface area contributed by atoms with Crippen molar-refractivity contribution in [3.8, 4) is 16.9 Å². The van der Waals surface area contributed by atoms with Crippen LogP contribution in [0.3, 0.4) is 0 Å². The molecule has 3 rings (SSSR count). The number of hydrogen-bond donors (Lipinski definition) is 2. The minimum Gasteiger partial charge on any atom is -0.497 e. The lowest BCUT2D eigenvalue weighted by Crippen LogP contribution is -2.12. The van der Waals surface area contributed by atoms with E-state index in [4.69, 9.17) is 10.5 Å². The highest BCUT2D eigenvalue weighted by Crippen LogP contribution is 2.31. The molecule has 0 saturated heterocycles. The van der Waals surface area contributed by atoms with Crippen molar-refractivity contribution < 1.29 is 9.53 Å². The van der Waals surface area contributed by atoms with Crippen LogP contribution in [-0.4, -0.2) is 19.3 Å². The third kappa shape index (κ3) is 4.00. The molecule has 0 aliphatic heterocycles. The first-order chi connectivity index (χ1) is 12.6. The maximum Gasteiger partial charge on any atom is 0.255 e. The minimum absolute atomic E-state index is 0.194. The first-order valence-electron chi connectivity index (χ1n) is 8.10. The standard InChI is InChI=1S/C21H20N2O2S/c1-25-17-8-3-15(4-9-17)21(24)23-20-13-16(22)7-12-19(20)14-5-10-18(26-2)11-6-14/h3-13H,22H2,1-2H3,(H,23,24). The fourth-order valence-electron chi connectivity index (χ4n) is 2.62. The van der Waals surface area contributed by atoms with Gasteiger partial charge in [-0.2, -0.15) is 0 Å². The largest absolute Gasteiger partial charge is 0.497 e. The molecule has 0 spiro atoms. The maximum atomic E-state index is 12.6. The zero-order valence-electron chi connectivity index (χ0n) is 14.7. The highest BCUT2D eigenvalue weighted by Gasteiger charge is 2.11. The number of methoxy groups -OCH3 is 1. The number of thioether (sulfide) groups is 1. The van der Waals surface area contributed by atoms with E-state index < -0.39 is 0 Å². The van der Waals surface area contributed by atoms with E-state index in [1.807, 2.05) is 30.5 Å². The number of nitrogens with one attached hydrogen (secondary N) is 1. The smallest absolute Gasteiger partial charge is 0.255 e. The summed E-state index contributed by atoms with van der Waals surface area (Å²) in [5.74, 6) is 0.514. The zero-order valence-corrected chi connectivity index (χ0v) is 15.5. The summed E-state index contributed by atoms with van der Waals surface area (Å²) < 4.78 is 5.13. The van der Waals surface area contributed by atoms with Crippen LogP contribution in [0.4, 0.5) is 11.4 Å². The van der Waals surface area contributed by atoms with Crippen molar-refractivity contribution in [2.75, 3.05) is 24.4 Å². The van der Waals surface area contributed by atoms with Crippen LogP contribution < -0.4 is 15.8 Å². The highest BCUT2D eigenvalue weighted by molar-refractivity contribution is 7.98. The number of benzene rings is 3. The Kier molecular flexibility index (Phi) is 5.49. The second-order valence-electron chi connectivity index (χ2n) is 5.72. The number of nitrogens with two attached hydrogens (primary N) is 1. The highest BCUT2D eigenvalue weighted by atomic mass is 32.2. The Morgan fingerprint density at radius 3 is 2.31 bits per heavy atom. The normalized spacial score (nSPS) is 10.4. The lowest BCUT2D eigenvalue weighted by molar-refractivity contribution is 0.102. The Bertz CT molecular complexity index is 906. The van der Waals surface area contributed by atoms with E-state index in [0.29, 0.717) is 22.7 Å². The van der Waals surface area contributed by atoms with Crippen molar-refractivity contribution in [2.24, 2.45) is 0 Å². The van der Waals surface area contributed by atoms with Crippen LogP contribution in [0.5, 0.6) is 5.75 Å². The van der Waals surface area contributed by atoms with Crippen LogP contribution in [0.15, 0.2) is 71.6 Å². The summed E-state index contributed by atoms with van der Waals surface area (Å²) in [7, 11) is 1.59. The Morgan fingerprint density at radius 1 is 1.00 bits per heavy atom. The quantitative estimate of drug-likeness (QED) is 0.498. The van der Waals surface area contributed by atoms with Gasteiger partial charge in [0, 0.05) is 21.7 Å². The van der Waals surface area contributed by atoms with Crippen molar-refractivity contribution in [1.82, 2.24) is 0 Å². The molecule has 132 valence electrons. The van der Waals surface area contributed by atoms with Gasteiger partial charge in [-0.05, 0) is 60.4 Å². The summed E-state index contributed by atoms with van der Waals surface area (Å²) in [5.41, 5.74) is 9.71. The Labute approximate surface area is 157 Å². The lowest BCUT2D eigenvalue weighted by Gasteiger charge is -2.13. The molecular weight excluding hydrogens is 344 g/mol. The first-order valence-corrected chi connectivity index (χ1v) is 9.32. The van der Waals surface area contributed by atoms with Crippen molar-refractivity contribution in [3.63, 3.8) is 0 Å². The third-order valence-corrected chi connectivity index (χ3v) is 4.79. The molecule has 26 heavy (non-hydrogen) atoms. The van der Waals surface area contributed by atoms with Gasteiger partial charge in [-0.15, -0.1) is 11.8 Å². The molecule has 1 amide bonds. The van der Waals surface area contributed by atoms with Gasteiger partial charge in [0.05, 0.1) is 12.8 Å². The molecule has 3 N–H and O–H groups in total. The van der Waals surface area contributed by atoms with Gasteiger partial charge in [-0.25, -0.2) is 0 Å². The number of ether oxygens (including phenoxy) is 1. The summed E-state index contributed by atoms with van der Waals surface area (Å²) >= 11 is 1.69. The summed E-state index contributed by atoms with van der Waals surface area (Å²) in [4.78, 5) is 13.8. The summed E-state index contributed by atoms with van der Waals surface area (Å²) in [6.45, 7) is 0. The summed E-state index contributed by atoms with van der Waals surface area (Å²) in [5, 5.41) is 2.97. The van der Waals surface area contributed by atoms with Crippen LogP contribution in [0.1, 0.15) is 10.4 Å². The topological polar surface area (TPSA) is 64.3 Å². The lowest BCUT2D eigenvalue weighted by atomic mass is 10.0. The molecule has 5 heteroatoms. The Balaban J connectivity index is 1.90. The molecule has 0 unspecified atom stereocenters. The number of carbonyl (C=O) groups excluding carboxylic acids is 1. The summed E-state index contributed by atoms with van der Waals surface area (Å²) in [6.07, 6.45) is 2.04. The van der Waals surface area contributed by atoms with Gasteiger partial charge in [-0.3, -0.25) is 4.79 Å². The van der Waals surface area contributed by atoms with Gasteiger partial charge < -0.3 is 15.8 Å². The number of hydrogen-bond acceptors (Lipinski definition) is 4. The molecule has 0 saturated carbocycles. The second kappa shape index (κ2) is 7.97. The van der Waals surface area contributed by atoms with E-state index >= 15 is 0 Å². The Hall–Kier alpha value is -2.92. The van der Waals surface area contributed by atoms with Crippen LogP contribution in [0, 0.1) is 0 Å². The SMILES string of the molecule is COc1ccc(C(=O)Nc2cc(N)ccc2-c2ccc(SC)cc2)cc1. The number of rotatable bonds is 5. The molecule has 0 atom stereocenters. The molecule has 0 aliphatic rings. The molecule has 4 nitrogen and oxygen atoms in total. The average molecular weight is 364 g/mol. The van der Waals surface area contributed by atoms with Crippen molar-refractivity contribution in [2.45, 2.75) is 4.90 Å². The van der Waals surface area contributed by atoms with Crippen molar-refractivity contribution in [1.29, 1.82) is 0 Å². The first kappa shape index (κ1) is 17.9. The molecule has 0 aromatic heterocycles. The minimum atomic E-state index is -0.194. The van der Waals surface area contributed by atoms with Gasteiger partial charge in [0.25, 0.3) is 5.91 Å². The van der Waals surface area contributed by atoms with Gasteiger partial charge >= 0.3 is 0 Å². The maximum absolute atomic E-state index is 12.6. The predicted octanol–water partition coefficient (Wildman–Crippen LogP) is 4.92. The van der Waals surface area contributed by atoms with Crippen LogP contribution >= 0.6 is 11.8 Å². The fourth-order valence-corrected chi connectivity index (χ4v) is 3.03. The Morgan fingerprint density at radius 2 is 1.69 bits per heavy atom. The molecule has 0 radical (unpaired) electrons. The molecule has 0 heterocycles. The van der Waals surface area contributed by atoms with E-state index in [2.05, 4.69) is 17.4 Å². The molecule has 3 aromatic carbocycles.